The van der Waals surface area contributed by atoms with Crippen molar-refractivity contribution in [1.29, 1.82) is 0 Å². The van der Waals surface area contributed by atoms with Gasteiger partial charge in [0.05, 0.1) is 45.0 Å². The number of aromatic nitrogens is 5. The van der Waals surface area contributed by atoms with Crippen molar-refractivity contribution in [1.82, 2.24) is 24.1 Å². The van der Waals surface area contributed by atoms with E-state index in [9.17, 15) is 0 Å². The lowest BCUT2D eigenvalue weighted by atomic mass is 9.98. The summed E-state index contributed by atoms with van der Waals surface area (Å²) in [6.45, 7) is 5.84. The molecule has 0 N–H and O–H groups in total. The lowest BCUT2D eigenvalue weighted by Gasteiger charge is -2.13. The van der Waals surface area contributed by atoms with Crippen molar-refractivity contribution in [3.8, 4) is 33.9 Å². The molecule has 0 fully saturated rings. The fourth-order valence-electron chi connectivity index (χ4n) is 7.22. The summed E-state index contributed by atoms with van der Waals surface area (Å²) in [7, 11) is 0. The molecule has 0 aliphatic rings. The van der Waals surface area contributed by atoms with Crippen LogP contribution in [0.5, 0.6) is 0 Å². The summed E-state index contributed by atoms with van der Waals surface area (Å²) in [6.07, 6.45) is 9.47. The number of rotatable bonds is 7. The first kappa shape index (κ1) is 30.2. The van der Waals surface area contributed by atoms with Gasteiger partial charge in [0.15, 0.2) is 0 Å². The van der Waals surface area contributed by atoms with Crippen LogP contribution in [0.3, 0.4) is 0 Å². The van der Waals surface area contributed by atoms with E-state index in [0.717, 1.165) is 50.3 Å². The molecule has 0 aliphatic carbocycles. The van der Waals surface area contributed by atoms with Gasteiger partial charge in [-0.05, 0) is 97.6 Å². The molecule has 0 unspecified atom stereocenters. The number of nitrogens with zero attached hydrogens (tertiary/aromatic N) is 6. The van der Waals surface area contributed by atoms with E-state index in [1.54, 1.807) is 6.20 Å². The Kier molecular flexibility index (Phi) is 7.40. The summed E-state index contributed by atoms with van der Waals surface area (Å²) in [5.41, 5.74) is 11.4. The van der Waals surface area contributed by atoms with E-state index < -0.39 is 0 Å². The molecule has 9 aromatic rings. The Bertz CT molecular complexity index is 2820. The quantitative estimate of drug-likeness (QED) is 0.127. The Hall–Kier alpha value is -6.92. The van der Waals surface area contributed by atoms with Gasteiger partial charge in [-0.15, -0.1) is 0 Å². The Morgan fingerprint density at radius 1 is 0.627 bits per heavy atom. The number of para-hydroxylation sites is 2. The molecule has 242 valence electrons. The number of hydrogen-bond donors (Lipinski definition) is 0. The highest BCUT2D eigenvalue weighted by Crippen LogP contribution is 2.41. The molecular formula is C45H32N6. The summed E-state index contributed by atoms with van der Waals surface area (Å²) in [5.74, 6) is 0. The van der Waals surface area contributed by atoms with Gasteiger partial charge in [-0.1, -0.05) is 78.9 Å². The summed E-state index contributed by atoms with van der Waals surface area (Å²) in [6, 6.07) is 46.7. The zero-order valence-corrected chi connectivity index (χ0v) is 28.0. The Balaban J connectivity index is 1.33. The minimum Gasteiger partial charge on any atom is -0.309 e. The Labute approximate surface area is 295 Å². The van der Waals surface area contributed by atoms with Gasteiger partial charge >= 0.3 is 0 Å². The van der Waals surface area contributed by atoms with Gasteiger partial charge in [0.25, 0.3) is 0 Å². The van der Waals surface area contributed by atoms with Crippen molar-refractivity contribution in [3.05, 3.63) is 170 Å². The number of pyridine rings is 3. The topological polar surface area (TPSA) is 60.9 Å². The average molecular weight is 657 g/mol. The SMILES string of the molecule is C=N/C(=C\C=C/C)c1cc(-n2c3cc(-c4cccc5c4c4ccccc4n5-c4ccccc4)ccc3c3cccnc32)cc(-c2ccccn2)n1. The van der Waals surface area contributed by atoms with E-state index in [0.29, 0.717) is 11.4 Å². The Morgan fingerprint density at radius 2 is 1.43 bits per heavy atom. The van der Waals surface area contributed by atoms with E-state index in [1.807, 2.05) is 55.6 Å². The van der Waals surface area contributed by atoms with Crippen LogP contribution in [0.25, 0.3) is 83.3 Å². The van der Waals surface area contributed by atoms with Crippen LogP contribution in [-0.2, 0) is 0 Å². The highest BCUT2D eigenvalue weighted by atomic mass is 15.1. The van der Waals surface area contributed by atoms with E-state index in [-0.39, 0.29) is 0 Å². The van der Waals surface area contributed by atoms with Crippen molar-refractivity contribution in [2.75, 3.05) is 0 Å². The second-order valence-electron chi connectivity index (χ2n) is 12.4. The minimum atomic E-state index is 0.669. The molecule has 4 aromatic carbocycles. The van der Waals surface area contributed by atoms with Gasteiger partial charge in [0.1, 0.15) is 5.65 Å². The predicted octanol–water partition coefficient (Wildman–Crippen LogP) is 11.0. The molecular weight excluding hydrogens is 625 g/mol. The zero-order valence-electron chi connectivity index (χ0n) is 28.0. The molecule has 0 saturated carbocycles. The van der Waals surface area contributed by atoms with E-state index >= 15 is 0 Å². The Morgan fingerprint density at radius 3 is 2.27 bits per heavy atom. The lowest BCUT2D eigenvalue weighted by molar-refractivity contribution is 1.11. The third-order valence-corrected chi connectivity index (χ3v) is 9.43. The summed E-state index contributed by atoms with van der Waals surface area (Å²) in [4.78, 5) is 19.0. The number of aliphatic imine (C=N–C) groups is 1. The van der Waals surface area contributed by atoms with Gasteiger partial charge in [0, 0.05) is 39.6 Å². The normalized spacial score (nSPS) is 12.1. The van der Waals surface area contributed by atoms with E-state index in [2.05, 4.69) is 135 Å². The molecule has 0 bridgehead atoms. The third kappa shape index (κ3) is 5.04. The second-order valence-corrected chi connectivity index (χ2v) is 12.4. The number of benzene rings is 4. The van der Waals surface area contributed by atoms with Crippen molar-refractivity contribution in [2.24, 2.45) is 4.99 Å². The molecule has 51 heavy (non-hydrogen) atoms. The molecule has 0 amide bonds. The maximum atomic E-state index is 5.02. The van der Waals surface area contributed by atoms with Crippen LogP contribution in [-0.4, -0.2) is 30.8 Å². The van der Waals surface area contributed by atoms with Crippen LogP contribution < -0.4 is 0 Å². The van der Waals surface area contributed by atoms with Gasteiger partial charge in [0.2, 0.25) is 0 Å². The summed E-state index contributed by atoms with van der Waals surface area (Å²) < 4.78 is 4.59. The fraction of sp³-hybridized carbons (Fsp3) is 0.0222. The highest BCUT2D eigenvalue weighted by molar-refractivity contribution is 6.17. The van der Waals surface area contributed by atoms with Crippen LogP contribution in [0.2, 0.25) is 0 Å². The standard InChI is InChI=1S/C45H32N6/c1-3-4-19-37(46-2)39-28-32(29-40(49-39)38-20-10-11-25-47-38)51-43-27-30(23-24-34(43)35-18-13-26-48-45(35)51)33-17-12-22-42-44(33)36-16-8-9-21-41(36)50(42)31-14-6-5-7-15-31/h3-29H,2H2,1H3/b4-3-,37-19-. The molecule has 0 spiro atoms. The molecule has 0 atom stereocenters. The van der Waals surface area contributed by atoms with Crippen molar-refractivity contribution in [3.63, 3.8) is 0 Å². The largest absolute Gasteiger partial charge is 0.309 e. The molecule has 6 heteroatoms. The fourth-order valence-corrected chi connectivity index (χ4v) is 7.22. The van der Waals surface area contributed by atoms with Crippen molar-refractivity contribution >= 4 is 56.2 Å². The first-order valence-electron chi connectivity index (χ1n) is 16.9. The molecule has 0 radical (unpaired) electrons. The minimum absolute atomic E-state index is 0.669. The van der Waals surface area contributed by atoms with Crippen molar-refractivity contribution < 1.29 is 0 Å². The molecule has 5 aromatic heterocycles. The molecule has 0 aliphatic heterocycles. The first-order valence-corrected chi connectivity index (χ1v) is 16.9. The van der Waals surface area contributed by atoms with E-state index in [1.165, 1.54) is 27.4 Å². The lowest BCUT2D eigenvalue weighted by Crippen LogP contribution is -2.01. The first-order chi connectivity index (χ1) is 25.2. The van der Waals surface area contributed by atoms with Gasteiger partial charge < -0.3 is 4.57 Å². The van der Waals surface area contributed by atoms with Crippen molar-refractivity contribution in [2.45, 2.75) is 6.92 Å². The number of fused-ring (bicyclic) bond motifs is 6. The zero-order chi connectivity index (χ0) is 34.3. The van der Waals surface area contributed by atoms with Crippen LogP contribution in [0, 0.1) is 0 Å². The van der Waals surface area contributed by atoms with Gasteiger partial charge in [-0.25, -0.2) is 9.97 Å². The third-order valence-electron chi connectivity index (χ3n) is 9.43. The number of hydrogen-bond acceptors (Lipinski definition) is 4. The van der Waals surface area contributed by atoms with Crippen LogP contribution in [0.15, 0.2) is 169 Å². The molecule has 6 nitrogen and oxygen atoms in total. The molecule has 5 heterocycles. The predicted molar refractivity (Wildman–Crippen MR) is 212 cm³/mol. The molecule has 9 rings (SSSR count). The summed E-state index contributed by atoms with van der Waals surface area (Å²) in [5, 5.41) is 4.62. The summed E-state index contributed by atoms with van der Waals surface area (Å²) >= 11 is 0. The smallest absolute Gasteiger partial charge is 0.145 e. The van der Waals surface area contributed by atoms with Gasteiger partial charge in [-0.2, -0.15) is 0 Å². The van der Waals surface area contributed by atoms with Gasteiger partial charge in [-0.3, -0.25) is 14.5 Å². The monoisotopic (exact) mass is 656 g/mol. The molecule has 0 saturated heterocycles. The second kappa shape index (κ2) is 12.5. The maximum Gasteiger partial charge on any atom is 0.145 e. The van der Waals surface area contributed by atoms with Crippen LogP contribution in [0.1, 0.15) is 12.6 Å². The highest BCUT2D eigenvalue weighted by Gasteiger charge is 2.20. The van der Waals surface area contributed by atoms with Crippen LogP contribution in [0.4, 0.5) is 0 Å². The maximum absolute atomic E-state index is 5.02. The number of allylic oxidation sites excluding steroid dienone is 3. The van der Waals surface area contributed by atoms with E-state index in [4.69, 9.17) is 9.97 Å². The average Bonchev–Trinajstić information content (AvgIpc) is 3.71. The van der Waals surface area contributed by atoms with Crippen LogP contribution >= 0.6 is 0 Å².